The summed E-state index contributed by atoms with van der Waals surface area (Å²) in [5.74, 6) is -0.277. The third kappa shape index (κ3) is 6.77. The summed E-state index contributed by atoms with van der Waals surface area (Å²) in [6, 6.07) is 5.99. The summed E-state index contributed by atoms with van der Waals surface area (Å²) in [6.07, 6.45) is 4.82. The number of rotatable bonds is 8. The number of likely N-dealkylation sites (N-methyl/N-ethyl adjacent to an activating group) is 1. The zero-order valence-electron chi connectivity index (χ0n) is 21.0. The van der Waals surface area contributed by atoms with Crippen LogP contribution < -0.4 is 5.32 Å². The van der Waals surface area contributed by atoms with E-state index in [-0.39, 0.29) is 30.3 Å². The van der Waals surface area contributed by atoms with Crippen LogP contribution in [0.15, 0.2) is 24.3 Å². The van der Waals surface area contributed by atoms with Crippen LogP contribution in [0.2, 0.25) is 0 Å². The van der Waals surface area contributed by atoms with Crippen LogP contribution in [0.3, 0.4) is 0 Å². The number of ether oxygens (including phenoxy) is 1. The Balaban J connectivity index is 0.000000287. The third-order valence-electron chi connectivity index (χ3n) is 6.67. The van der Waals surface area contributed by atoms with Gasteiger partial charge >= 0.3 is 0 Å². The van der Waals surface area contributed by atoms with Gasteiger partial charge in [0.2, 0.25) is 18.2 Å². The van der Waals surface area contributed by atoms with E-state index in [0.717, 1.165) is 50.8 Å². The highest BCUT2D eigenvalue weighted by atomic mass is 19.1. The Morgan fingerprint density at radius 1 is 1.23 bits per heavy atom. The largest absolute Gasteiger partial charge is 0.376 e. The number of unbranched alkanes of at least 4 members (excludes halogenated alkanes) is 1. The van der Waals surface area contributed by atoms with Crippen LogP contribution >= 0.6 is 0 Å². The molecule has 0 aromatic heterocycles. The van der Waals surface area contributed by atoms with E-state index in [1.807, 2.05) is 7.05 Å². The highest BCUT2D eigenvalue weighted by Gasteiger charge is 2.49. The minimum Gasteiger partial charge on any atom is -0.376 e. The summed E-state index contributed by atoms with van der Waals surface area (Å²) in [5, 5.41) is 6.15. The van der Waals surface area contributed by atoms with E-state index >= 15 is 0 Å². The van der Waals surface area contributed by atoms with Crippen molar-refractivity contribution in [2.45, 2.75) is 63.9 Å². The molecule has 0 radical (unpaired) electrons. The van der Waals surface area contributed by atoms with Gasteiger partial charge in [0.05, 0.1) is 19.2 Å². The molecule has 9 nitrogen and oxygen atoms in total. The molecule has 3 aliphatic heterocycles. The molecule has 3 atom stereocenters. The normalized spacial score (nSPS) is 24.8. The number of hydrazine groups is 1. The van der Waals surface area contributed by atoms with E-state index in [9.17, 15) is 18.8 Å². The minimum absolute atomic E-state index is 0.0102. The molecular weight excluding hydrogens is 453 g/mol. The number of hydrogen-bond acceptors (Lipinski definition) is 6. The molecule has 194 valence electrons. The van der Waals surface area contributed by atoms with Gasteiger partial charge < -0.3 is 19.9 Å². The summed E-state index contributed by atoms with van der Waals surface area (Å²) in [4.78, 5) is 40.7. The molecule has 4 rings (SSSR count). The summed E-state index contributed by atoms with van der Waals surface area (Å²) in [5.41, 5.74) is 1.10. The van der Waals surface area contributed by atoms with Gasteiger partial charge in [-0.3, -0.25) is 19.4 Å². The number of piperazine rings is 1. The van der Waals surface area contributed by atoms with Crippen molar-refractivity contribution in [3.8, 4) is 0 Å². The average Bonchev–Trinajstić information content (AvgIpc) is 3.35. The standard InChI is InChI=1S/C17H28N4O4.C8H10FN/c1-3-4-7-14-17(24)19(9-13-6-5-8-25-13)10-15-20(12-22)18(2)11-16(23)21(14)15;1-10-6-7-2-4-8(9)5-3-7/h12-15H,3-11H2,1-2H3;2-5,10H,6H2,1H3/t13?,14-,15?;/m0./s1. The average molecular weight is 492 g/mol. The van der Waals surface area contributed by atoms with E-state index in [1.165, 1.54) is 17.1 Å². The van der Waals surface area contributed by atoms with Crippen molar-refractivity contribution >= 4 is 18.2 Å². The van der Waals surface area contributed by atoms with E-state index in [2.05, 4.69) is 12.2 Å². The van der Waals surface area contributed by atoms with Crippen LogP contribution in [0.1, 0.15) is 44.6 Å². The Bertz CT molecular complexity index is 849. The smallest absolute Gasteiger partial charge is 0.245 e. The monoisotopic (exact) mass is 491 g/mol. The molecule has 0 spiro atoms. The lowest BCUT2D eigenvalue weighted by molar-refractivity contribution is -0.197. The Kier molecular flexibility index (Phi) is 10.00. The number of fused-ring (bicyclic) bond motifs is 1. The second-order valence-corrected chi connectivity index (χ2v) is 9.28. The molecule has 1 aromatic rings. The van der Waals surface area contributed by atoms with E-state index in [4.69, 9.17) is 4.74 Å². The van der Waals surface area contributed by atoms with Crippen LogP contribution in [-0.4, -0.2) is 96.7 Å². The fraction of sp³-hybridized carbons (Fsp3) is 0.640. The summed E-state index contributed by atoms with van der Waals surface area (Å²) in [7, 11) is 3.59. The summed E-state index contributed by atoms with van der Waals surface area (Å²) in [6.45, 7) is 4.60. The molecule has 2 unspecified atom stereocenters. The van der Waals surface area contributed by atoms with Crippen molar-refractivity contribution in [2.24, 2.45) is 0 Å². The zero-order chi connectivity index (χ0) is 25.4. The quantitative estimate of drug-likeness (QED) is 0.556. The van der Waals surface area contributed by atoms with Gasteiger partial charge in [-0.25, -0.2) is 9.40 Å². The molecule has 0 bridgehead atoms. The number of benzene rings is 1. The Hall–Kier alpha value is -2.56. The number of halogens is 1. The number of nitrogens with zero attached hydrogens (tertiary/aromatic N) is 4. The van der Waals surface area contributed by atoms with Gasteiger partial charge in [-0.1, -0.05) is 31.9 Å². The van der Waals surface area contributed by atoms with Crippen molar-refractivity contribution in [1.29, 1.82) is 0 Å². The number of nitrogens with one attached hydrogen (secondary N) is 1. The van der Waals surface area contributed by atoms with Gasteiger partial charge in [0.15, 0.2) is 0 Å². The maximum absolute atomic E-state index is 13.1. The van der Waals surface area contributed by atoms with Crippen molar-refractivity contribution in [3.63, 3.8) is 0 Å². The molecule has 1 aromatic carbocycles. The first-order chi connectivity index (χ1) is 16.9. The van der Waals surface area contributed by atoms with E-state index < -0.39 is 12.2 Å². The van der Waals surface area contributed by atoms with Crippen molar-refractivity contribution < 1.29 is 23.5 Å². The first-order valence-electron chi connectivity index (χ1n) is 12.4. The fourth-order valence-electron chi connectivity index (χ4n) is 4.87. The first-order valence-corrected chi connectivity index (χ1v) is 12.4. The Morgan fingerprint density at radius 2 is 1.97 bits per heavy atom. The molecule has 3 aliphatic rings. The Labute approximate surface area is 207 Å². The molecule has 3 saturated heterocycles. The molecule has 3 amide bonds. The molecule has 3 fully saturated rings. The molecule has 0 saturated carbocycles. The maximum Gasteiger partial charge on any atom is 0.245 e. The second-order valence-electron chi connectivity index (χ2n) is 9.28. The van der Waals surface area contributed by atoms with E-state index in [0.29, 0.717) is 19.5 Å². The Morgan fingerprint density at radius 3 is 2.57 bits per heavy atom. The molecule has 3 heterocycles. The van der Waals surface area contributed by atoms with Crippen LogP contribution in [-0.2, 0) is 25.7 Å². The van der Waals surface area contributed by atoms with Gasteiger partial charge in [-0.15, -0.1) is 0 Å². The van der Waals surface area contributed by atoms with Crippen LogP contribution in [0.4, 0.5) is 4.39 Å². The lowest BCUT2D eigenvalue weighted by Gasteiger charge is -2.53. The van der Waals surface area contributed by atoms with Crippen LogP contribution in [0.5, 0.6) is 0 Å². The van der Waals surface area contributed by atoms with Crippen molar-refractivity contribution in [2.75, 3.05) is 40.3 Å². The zero-order valence-corrected chi connectivity index (χ0v) is 21.0. The number of hydrogen-bond donors (Lipinski definition) is 1. The first kappa shape index (κ1) is 27.0. The van der Waals surface area contributed by atoms with Crippen LogP contribution in [0, 0.1) is 5.82 Å². The third-order valence-corrected chi connectivity index (χ3v) is 6.67. The lowest BCUT2D eigenvalue weighted by Crippen LogP contribution is -2.74. The summed E-state index contributed by atoms with van der Waals surface area (Å²) < 4.78 is 18.0. The topological polar surface area (TPSA) is 85.4 Å². The summed E-state index contributed by atoms with van der Waals surface area (Å²) >= 11 is 0. The number of carbonyl (C=O) groups excluding carboxylic acids is 3. The van der Waals surface area contributed by atoms with Gasteiger partial charge in [-0.05, 0) is 44.0 Å². The van der Waals surface area contributed by atoms with E-state index in [1.54, 1.807) is 34.0 Å². The van der Waals surface area contributed by atoms with Gasteiger partial charge in [0, 0.05) is 26.7 Å². The molecule has 10 heteroatoms. The molecule has 35 heavy (non-hydrogen) atoms. The minimum atomic E-state index is -0.483. The highest BCUT2D eigenvalue weighted by molar-refractivity contribution is 5.90. The maximum atomic E-state index is 13.1. The molecular formula is C25H38FN5O4. The molecule has 1 N–H and O–H groups in total. The fourth-order valence-corrected chi connectivity index (χ4v) is 4.87. The van der Waals surface area contributed by atoms with Gasteiger partial charge in [-0.2, -0.15) is 0 Å². The van der Waals surface area contributed by atoms with Crippen molar-refractivity contribution in [3.05, 3.63) is 35.6 Å². The number of carbonyl (C=O) groups is 3. The predicted molar refractivity (Wildman–Crippen MR) is 129 cm³/mol. The SMILES string of the molecule is CCCC[C@H]1C(=O)N(CC2CCCO2)CC2N1C(=O)CN(C)N2C=O.CNCc1ccc(F)cc1. The molecule has 0 aliphatic carbocycles. The number of amides is 3. The second kappa shape index (κ2) is 12.9. The van der Waals surface area contributed by atoms with Crippen LogP contribution in [0.25, 0.3) is 0 Å². The predicted octanol–water partition coefficient (Wildman–Crippen LogP) is 1.59. The lowest BCUT2D eigenvalue weighted by atomic mass is 10.0. The van der Waals surface area contributed by atoms with Gasteiger partial charge in [0.25, 0.3) is 0 Å². The highest BCUT2D eigenvalue weighted by Crippen LogP contribution is 2.28. The van der Waals surface area contributed by atoms with Crippen molar-refractivity contribution in [1.82, 2.24) is 25.1 Å². The van der Waals surface area contributed by atoms with Gasteiger partial charge in [0.1, 0.15) is 18.0 Å².